The minimum absolute atomic E-state index is 0.0894. The summed E-state index contributed by atoms with van der Waals surface area (Å²) < 4.78 is 21.3. The van der Waals surface area contributed by atoms with E-state index in [2.05, 4.69) is 0 Å². The summed E-state index contributed by atoms with van der Waals surface area (Å²) in [5.74, 6) is 0.282. The molecular formula is C24H21ClO6. The van der Waals surface area contributed by atoms with E-state index in [1.165, 1.54) is 6.07 Å². The summed E-state index contributed by atoms with van der Waals surface area (Å²) in [4.78, 5) is 24.3. The van der Waals surface area contributed by atoms with Gasteiger partial charge in [-0.25, -0.2) is 9.59 Å². The predicted octanol–water partition coefficient (Wildman–Crippen LogP) is 4.87. The number of carbonyl (C=O) groups is 2. The Kier molecular flexibility index (Phi) is 7.90. The van der Waals surface area contributed by atoms with Crippen LogP contribution >= 0.6 is 11.6 Å². The van der Waals surface area contributed by atoms with Crippen molar-refractivity contribution < 1.29 is 28.5 Å². The molecule has 0 aliphatic rings. The molecule has 0 amide bonds. The van der Waals surface area contributed by atoms with Crippen molar-refractivity contribution in [1.82, 2.24) is 0 Å². The fraction of sp³-hybridized carbons (Fsp3) is 0.167. The molecule has 6 nitrogen and oxygen atoms in total. The van der Waals surface area contributed by atoms with Crippen LogP contribution in [0.1, 0.15) is 15.9 Å². The molecule has 7 heteroatoms. The maximum Gasteiger partial charge on any atom is 0.349 e. The van der Waals surface area contributed by atoms with Crippen molar-refractivity contribution in [2.75, 3.05) is 19.8 Å². The van der Waals surface area contributed by atoms with Crippen LogP contribution in [0.4, 0.5) is 0 Å². The summed E-state index contributed by atoms with van der Waals surface area (Å²) in [6, 6.07) is 20.5. The summed E-state index contributed by atoms with van der Waals surface area (Å²) in [5, 5.41) is 0.616. The number of halogens is 1. The SMILES string of the molecule is Cc1cc(OCC(=O)Oc2cccc(C(=O)OCCOc3ccccc3)c2)ccc1Cl. The number of benzene rings is 3. The summed E-state index contributed by atoms with van der Waals surface area (Å²) >= 11 is 5.97. The maximum absolute atomic E-state index is 12.2. The Balaban J connectivity index is 1.45. The highest BCUT2D eigenvalue weighted by atomic mass is 35.5. The van der Waals surface area contributed by atoms with Gasteiger partial charge in [-0.05, 0) is 61.0 Å². The second kappa shape index (κ2) is 11.0. The Morgan fingerprint density at radius 1 is 0.806 bits per heavy atom. The Bertz CT molecular complexity index is 1040. The largest absolute Gasteiger partial charge is 0.490 e. The van der Waals surface area contributed by atoms with Crippen molar-refractivity contribution in [3.8, 4) is 17.2 Å². The lowest BCUT2D eigenvalue weighted by Gasteiger charge is -2.09. The molecule has 0 fully saturated rings. The third kappa shape index (κ3) is 7.04. The van der Waals surface area contributed by atoms with Gasteiger partial charge in [0.05, 0.1) is 5.56 Å². The zero-order valence-electron chi connectivity index (χ0n) is 16.9. The van der Waals surface area contributed by atoms with E-state index in [0.29, 0.717) is 16.5 Å². The van der Waals surface area contributed by atoms with Crippen molar-refractivity contribution in [2.45, 2.75) is 6.92 Å². The average Bonchev–Trinajstić information content (AvgIpc) is 2.78. The van der Waals surface area contributed by atoms with Crippen LogP contribution < -0.4 is 14.2 Å². The average molecular weight is 441 g/mol. The van der Waals surface area contributed by atoms with Gasteiger partial charge in [-0.2, -0.15) is 0 Å². The normalized spacial score (nSPS) is 10.3. The van der Waals surface area contributed by atoms with Crippen LogP contribution in [-0.4, -0.2) is 31.8 Å². The molecule has 31 heavy (non-hydrogen) atoms. The third-order valence-electron chi connectivity index (χ3n) is 4.12. The van der Waals surface area contributed by atoms with Gasteiger partial charge in [-0.15, -0.1) is 0 Å². The molecule has 0 saturated carbocycles. The van der Waals surface area contributed by atoms with Crippen LogP contribution in [0.2, 0.25) is 5.02 Å². The van der Waals surface area contributed by atoms with E-state index in [4.69, 9.17) is 30.5 Å². The van der Waals surface area contributed by atoms with Crippen LogP contribution in [0, 0.1) is 6.92 Å². The molecule has 0 unspecified atom stereocenters. The van der Waals surface area contributed by atoms with E-state index < -0.39 is 11.9 Å². The van der Waals surface area contributed by atoms with E-state index in [0.717, 1.165) is 5.56 Å². The first-order valence-electron chi connectivity index (χ1n) is 9.56. The number of rotatable bonds is 9. The first-order valence-corrected chi connectivity index (χ1v) is 9.94. The van der Waals surface area contributed by atoms with Gasteiger partial charge < -0.3 is 18.9 Å². The molecule has 0 N–H and O–H groups in total. The molecule has 0 saturated heterocycles. The number of esters is 2. The predicted molar refractivity (Wildman–Crippen MR) is 116 cm³/mol. The number of para-hydroxylation sites is 1. The number of hydrogen-bond donors (Lipinski definition) is 0. The Hall–Kier alpha value is -3.51. The zero-order valence-corrected chi connectivity index (χ0v) is 17.6. The molecule has 160 valence electrons. The van der Waals surface area contributed by atoms with Crippen LogP contribution in [0.5, 0.6) is 17.2 Å². The molecule has 3 rings (SSSR count). The number of ether oxygens (including phenoxy) is 4. The summed E-state index contributed by atoms with van der Waals surface area (Å²) in [5.41, 5.74) is 1.10. The highest BCUT2D eigenvalue weighted by Crippen LogP contribution is 2.21. The lowest BCUT2D eigenvalue weighted by molar-refractivity contribution is -0.136. The topological polar surface area (TPSA) is 71.1 Å². The first kappa shape index (κ1) is 22.2. The molecule has 0 atom stereocenters. The Labute approximate surface area is 185 Å². The Morgan fingerprint density at radius 2 is 1.58 bits per heavy atom. The van der Waals surface area contributed by atoms with E-state index >= 15 is 0 Å². The van der Waals surface area contributed by atoms with Crippen LogP contribution in [-0.2, 0) is 9.53 Å². The van der Waals surface area contributed by atoms with E-state index in [1.54, 1.807) is 36.4 Å². The van der Waals surface area contributed by atoms with Gasteiger partial charge in [0.25, 0.3) is 0 Å². The van der Waals surface area contributed by atoms with Crippen molar-refractivity contribution in [2.24, 2.45) is 0 Å². The molecule has 3 aromatic carbocycles. The van der Waals surface area contributed by atoms with Crippen LogP contribution in [0.3, 0.4) is 0 Å². The summed E-state index contributed by atoms with van der Waals surface area (Å²) in [7, 11) is 0. The second-order valence-corrected chi connectivity index (χ2v) is 6.91. The van der Waals surface area contributed by atoms with Crippen LogP contribution in [0.25, 0.3) is 0 Å². The molecule has 0 bridgehead atoms. The molecule has 0 aromatic heterocycles. The molecule has 0 aliphatic carbocycles. The smallest absolute Gasteiger partial charge is 0.349 e. The number of carbonyl (C=O) groups excluding carboxylic acids is 2. The lowest BCUT2D eigenvalue weighted by atomic mass is 10.2. The Morgan fingerprint density at radius 3 is 2.35 bits per heavy atom. The zero-order chi connectivity index (χ0) is 22.1. The van der Waals surface area contributed by atoms with E-state index in [9.17, 15) is 9.59 Å². The third-order valence-corrected chi connectivity index (χ3v) is 4.54. The standard InChI is InChI=1S/C24H21ClO6/c1-17-14-20(10-11-22(17)25)30-16-23(26)31-21-9-5-6-18(15-21)24(27)29-13-12-28-19-7-3-2-4-8-19/h2-11,14-15H,12-13,16H2,1H3. The lowest BCUT2D eigenvalue weighted by Crippen LogP contribution is -2.18. The van der Waals surface area contributed by atoms with Gasteiger partial charge in [0.1, 0.15) is 30.5 Å². The molecule has 0 heterocycles. The summed E-state index contributed by atoms with van der Waals surface area (Å²) in [6.45, 7) is 1.87. The number of hydrogen-bond acceptors (Lipinski definition) is 6. The fourth-order valence-electron chi connectivity index (χ4n) is 2.59. The molecule has 0 radical (unpaired) electrons. The highest BCUT2D eigenvalue weighted by molar-refractivity contribution is 6.31. The van der Waals surface area contributed by atoms with Crippen molar-refractivity contribution in [3.63, 3.8) is 0 Å². The van der Waals surface area contributed by atoms with Gasteiger partial charge in [-0.3, -0.25) is 0 Å². The van der Waals surface area contributed by atoms with Crippen LogP contribution in [0.15, 0.2) is 72.8 Å². The van der Waals surface area contributed by atoms with Crippen molar-refractivity contribution >= 4 is 23.5 Å². The highest BCUT2D eigenvalue weighted by Gasteiger charge is 2.11. The minimum atomic E-state index is -0.602. The van der Waals surface area contributed by atoms with Gasteiger partial charge in [0.2, 0.25) is 0 Å². The second-order valence-electron chi connectivity index (χ2n) is 6.50. The van der Waals surface area contributed by atoms with Crippen molar-refractivity contribution in [3.05, 3.63) is 88.9 Å². The number of aryl methyl sites for hydroxylation is 1. The van der Waals surface area contributed by atoms with Gasteiger partial charge >= 0.3 is 11.9 Å². The fourth-order valence-corrected chi connectivity index (χ4v) is 2.71. The minimum Gasteiger partial charge on any atom is -0.490 e. The first-order chi connectivity index (χ1) is 15.0. The van der Waals surface area contributed by atoms with Crippen molar-refractivity contribution in [1.29, 1.82) is 0 Å². The molecule has 0 aliphatic heterocycles. The quantitative estimate of drug-likeness (QED) is 0.268. The maximum atomic E-state index is 12.2. The van der Waals surface area contributed by atoms with Gasteiger partial charge in [-0.1, -0.05) is 35.9 Å². The molecule has 0 spiro atoms. The molecular weight excluding hydrogens is 420 g/mol. The van der Waals surface area contributed by atoms with Gasteiger partial charge in [0, 0.05) is 5.02 Å². The summed E-state index contributed by atoms with van der Waals surface area (Å²) in [6.07, 6.45) is 0. The van der Waals surface area contributed by atoms with Gasteiger partial charge in [0.15, 0.2) is 6.61 Å². The van der Waals surface area contributed by atoms with E-state index in [-0.39, 0.29) is 31.1 Å². The monoisotopic (exact) mass is 440 g/mol. The van der Waals surface area contributed by atoms with E-state index in [1.807, 2.05) is 37.3 Å². The molecule has 3 aromatic rings.